The maximum Gasteiger partial charge on any atom is 0.227 e. The zero-order valence-electron chi connectivity index (χ0n) is 13.6. The Bertz CT molecular complexity index is 601. The van der Waals surface area contributed by atoms with Crippen LogP contribution in [0, 0.1) is 5.41 Å². The summed E-state index contributed by atoms with van der Waals surface area (Å²) in [6, 6.07) is 2.15. The molecule has 0 atom stereocenters. The van der Waals surface area contributed by atoms with Crippen molar-refractivity contribution in [2.24, 2.45) is 5.41 Å². The minimum Gasteiger partial charge on any atom is -0.477 e. The Morgan fingerprint density at radius 2 is 2.00 bits per heavy atom. The van der Waals surface area contributed by atoms with Crippen LogP contribution in [-0.4, -0.2) is 23.1 Å². The Hall–Kier alpha value is -1.36. The molecule has 2 heterocycles. The zero-order valence-corrected chi connectivity index (χ0v) is 14.4. The van der Waals surface area contributed by atoms with Crippen LogP contribution in [0.1, 0.15) is 45.9 Å². The summed E-state index contributed by atoms with van der Waals surface area (Å²) in [5, 5.41) is 4.21. The highest BCUT2D eigenvalue weighted by molar-refractivity contribution is 7.18. The summed E-state index contributed by atoms with van der Waals surface area (Å²) >= 11 is 1.72. The summed E-state index contributed by atoms with van der Waals surface area (Å²) in [6.45, 7) is 12.3. The fourth-order valence-electron chi connectivity index (χ4n) is 1.92. The average Bonchev–Trinajstić information content (AvgIpc) is 2.81. The molecule has 4 nitrogen and oxygen atoms in total. The van der Waals surface area contributed by atoms with Crippen LogP contribution in [0.25, 0.3) is 10.2 Å². The van der Waals surface area contributed by atoms with Gasteiger partial charge >= 0.3 is 0 Å². The molecule has 0 unspecified atom stereocenters. The van der Waals surface area contributed by atoms with Crippen molar-refractivity contribution in [3.63, 3.8) is 0 Å². The van der Waals surface area contributed by atoms with Gasteiger partial charge in [-0.25, -0.2) is 4.98 Å². The first-order valence-electron chi connectivity index (χ1n) is 7.60. The summed E-state index contributed by atoms with van der Waals surface area (Å²) in [7, 11) is 0. The first kappa shape index (κ1) is 16.0. The van der Waals surface area contributed by atoms with Crippen LogP contribution >= 0.6 is 11.3 Å². The SMILES string of the molecule is CCNc1nc(OCCC(C)(C)C)c2cc(CC)sc2n1. The molecule has 0 amide bonds. The number of anilines is 1. The Kier molecular flexibility index (Phi) is 5.04. The van der Waals surface area contributed by atoms with Gasteiger partial charge in [-0.05, 0) is 31.2 Å². The number of rotatable bonds is 6. The third kappa shape index (κ3) is 4.30. The van der Waals surface area contributed by atoms with E-state index in [1.165, 1.54) is 4.88 Å². The lowest BCUT2D eigenvalue weighted by Crippen LogP contribution is -2.12. The number of hydrogen-bond acceptors (Lipinski definition) is 5. The van der Waals surface area contributed by atoms with Crippen molar-refractivity contribution in [2.75, 3.05) is 18.5 Å². The van der Waals surface area contributed by atoms with Gasteiger partial charge in [0.25, 0.3) is 0 Å². The van der Waals surface area contributed by atoms with Gasteiger partial charge in [0, 0.05) is 11.4 Å². The number of aromatic nitrogens is 2. The van der Waals surface area contributed by atoms with E-state index in [2.05, 4.69) is 49.0 Å². The largest absolute Gasteiger partial charge is 0.477 e. The molecule has 0 saturated heterocycles. The predicted molar refractivity (Wildman–Crippen MR) is 90.5 cm³/mol. The van der Waals surface area contributed by atoms with Crippen LogP contribution in [0.5, 0.6) is 5.88 Å². The topological polar surface area (TPSA) is 47.0 Å². The molecular formula is C16H25N3OS. The highest BCUT2D eigenvalue weighted by atomic mass is 32.1. The lowest BCUT2D eigenvalue weighted by molar-refractivity contribution is 0.239. The summed E-state index contributed by atoms with van der Waals surface area (Å²) in [4.78, 5) is 11.4. The smallest absolute Gasteiger partial charge is 0.227 e. The molecule has 0 aliphatic rings. The van der Waals surface area contributed by atoms with E-state index in [1.807, 2.05) is 6.92 Å². The Labute approximate surface area is 131 Å². The number of nitrogens with zero attached hydrogens (tertiary/aromatic N) is 2. The van der Waals surface area contributed by atoms with E-state index >= 15 is 0 Å². The van der Waals surface area contributed by atoms with Crippen LogP contribution in [-0.2, 0) is 6.42 Å². The van der Waals surface area contributed by atoms with Crippen molar-refractivity contribution in [3.05, 3.63) is 10.9 Å². The van der Waals surface area contributed by atoms with E-state index in [0.29, 0.717) is 18.4 Å². The van der Waals surface area contributed by atoms with Crippen LogP contribution in [0.3, 0.4) is 0 Å². The number of thiophene rings is 1. The normalized spacial score (nSPS) is 11.9. The Morgan fingerprint density at radius 1 is 1.24 bits per heavy atom. The van der Waals surface area contributed by atoms with Crippen LogP contribution in [0.2, 0.25) is 0 Å². The maximum atomic E-state index is 5.96. The van der Waals surface area contributed by atoms with E-state index in [-0.39, 0.29) is 5.41 Å². The van der Waals surface area contributed by atoms with Crippen molar-refractivity contribution in [2.45, 2.75) is 47.5 Å². The molecule has 0 aliphatic heterocycles. The number of nitrogens with one attached hydrogen (secondary N) is 1. The van der Waals surface area contributed by atoms with Crippen molar-refractivity contribution in [1.29, 1.82) is 0 Å². The van der Waals surface area contributed by atoms with Gasteiger partial charge in [-0.1, -0.05) is 27.7 Å². The van der Waals surface area contributed by atoms with Crippen molar-refractivity contribution >= 4 is 27.5 Å². The lowest BCUT2D eigenvalue weighted by Gasteiger charge is -2.18. The third-order valence-electron chi connectivity index (χ3n) is 3.18. The molecule has 0 aliphatic carbocycles. The number of fused-ring (bicyclic) bond motifs is 1. The van der Waals surface area contributed by atoms with Gasteiger partial charge in [0.15, 0.2) is 0 Å². The zero-order chi connectivity index (χ0) is 15.5. The molecule has 2 aromatic rings. The Balaban J connectivity index is 2.27. The van der Waals surface area contributed by atoms with Crippen LogP contribution < -0.4 is 10.1 Å². The molecule has 0 bridgehead atoms. The summed E-state index contributed by atoms with van der Waals surface area (Å²) in [6.07, 6.45) is 2.01. The van der Waals surface area contributed by atoms with Gasteiger partial charge in [-0.15, -0.1) is 11.3 Å². The number of ether oxygens (including phenoxy) is 1. The van der Waals surface area contributed by atoms with E-state index in [1.54, 1.807) is 11.3 Å². The standard InChI is InChI=1S/C16H25N3OS/c1-6-11-10-12-13(20-9-8-16(3,4)5)18-15(17-7-2)19-14(12)21-11/h10H,6-9H2,1-5H3,(H,17,18,19). The minimum atomic E-state index is 0.264. The quantitative estimate of drug-likeness (QED) is 0.853. The van der Waals surface area contributed by atoms with Gasteiger partial charge in [0.2, 0.25) is 11.8 Å². The molecule has 21 heavy (non-hydrogen) atoms. The average molecular weight is 307 g/mol. The van der Waals surface area contributed by atoms with Gasteiger partial charge in [-0.2, -0.15) is 4.98 Å². The second kappa shape index (κ2) is 6.60. The number of aryl methyl sites for hydroxylation is 1. The molecule has 116 valence electrons. The lowest BCUT2D eigenvalue weighted by atomic mass is 9.93. The molecular weight excluding hydrogens is 282 g/mol. The molecule has 5 heteroatoms. The van der Waals surface area contributed by atoms with Gasteiger partial charge in [-0.3, -0.25) is 0 Å². The van der Waals surface area contributed by atoms with Gasteiger partial charge < -0.3 is 10.1 Å². The second-order valence-corrected chi connectivity index (χ2v) is 7.44. The fraction of sp³-hybridized carbons (Fsp3) is 0.625. The van der Waals surface area contributed by atoms with Crippen molar-refractivity contribution < 1.29 is 4.74 Å². The summed E-state index contributed by atoms with van der Waals surface area (Å²) < 4.78 is 5.96. The molecule has 2 rings (SSSR count). The highest BCUT2D eigenvalue weighted by Gasteiger charge is 2.14. The minimum absolute atomic E-state index is 0.264. The molecule has 0 radical (unpaired) electrons. The van der Waals surface area contributed by atoms with Gasteiger partial charge in [0.1, 0.15) is 4.83 Å². The van der Waals surface area contributed by atoms with Crippen molar-refractivity contribution in [1.82, 2.24) is 9.97 Å². The summed E-state index contributed by atoms with van der Waals surface area (Å²) in [5.41, 5.74) is 0.264. The molecule has 2 aromatic heterocycles. The van der Waals surface area contributed by atoms with Crippen LogP contribution in [0.15, 0.2) is 6.07 Å². The van der Waals surface area contributed by atoms with Crippen LogP contribution in [0.4, 0.5) is 5.95 Å². The molecule has 0 fully saturated rings. The molecule has 1 N–H and O–H groups in total. The predicted octanol–water partition coefficient (Wildman–Crippen LogP) is 4.50. The number of hydrogen-bond donors (Lipinski definition) is 1. The molecule has 0 spiro atoms. The second-order valence-electron chi connectivity index (χ2n) is 6.33. The van der Waals surface area contributed by atoms with E-state index in [4.69, 9.17) is 4.74 Å². The van der Waals surface area contributed by atoms with Gasteiger partial charge in [0.05, 0.1) is 12.0 Å². The van der Waals surface area contributed by atoms with Crippen molar-refractivity contribution in [3.8, 4) is 5.88 Å². The summed E-state index contributed by atoms with van der Waals surface area (Å²) in [5.74, 6) is 1.36. The first-order chi connectivity index (χ1) is 9.93. The third-order valence-corrected chi connectivity index (χ3v) is 4.36. The van der Waals surface area contributed by atoms with E-state index < -0.39 is 0 Å². The molecule has 0 saturated carbocycles. The fourth-order valence-corrected chi connectivity index (χ4v) is 2.88. The maximum absolute atomic E-state index is 5.96. The highest BCUT2D eigenvalue weighted by Crippen LogP contribution is 2.32. The Morgan fingerprint density at radius 3 is 2.62 bits per heavy atom. The molecule has 0 aromatic carbocycles. The first-order valence-corrected chi connectivity index (χ1v) is 8.41. The van der Waals surface area contributed by atoms with E-state index in [9.17, 15) is 0 Å². The van der Waals surface area contributed by atoms with E-state index in [0.717, 1.165) is 29.6 Å². The monoisotopic (exact) mass is 307 g/mol.